The van der Waals surface area contributed by atoms with Gasteiger partial charge in [0, 0.05) is 12.1 Å². The summed E-state index contributed by atoms with van der Waals surface area (Å²) in [6, 6.07) is 2.28. The molecule has 1 heterocycles. The summed E-state index contributed by atoms with van der Waals surface area (Å²) in [5.41, 5.74) is 0.856. The van der Waals surface area contributed by atoms with E-state index in [1.807, 2.05) is 13.0 Å². The van der Waals surface area contributed by atoms with E-state index in [0.29, 0.717) is 19.1 Å². The molecule has 1 aromatic heterocycles. The molecule has 82 valence electrons. The first-order valence-corrected chi connectivity index (χ1v) is 5.16. The highest BCUT2D eigenvalue weighted by molar-refractivity contribution is 5.78. The van der Waals surface area contributed by atoms with Gasteiger partial charge in [-0.15, -0.1) is 0 Å². The fourth-order valence-corrected chi connectivity index (χ4v) is 1.31. The van der Waals surface area contributed by atoms with E-state index < -0.39 is 0 Å². The summed E-state index contributed by atoms with van der Waals surface area (Å²) in [6.45, 7) is 2.74. The summed E-state index contributed by atoms with van der Waals surface area (Å²) in [5, 5.41) is 9.66. The maximum absolute atomic E-state index is 11.3. The van der Waals surface area contributed by atoms with Gasteiger partial charge in [0.15, 0.2) is 5.76 Å². The molecule has 0 bridgehead atoms. The average Bonchev–Trinajstić information content (AvgIpc) is 2.89. The van der Waals surface area contributed by atoms with Gasteiger partial charge in [-0.2, -0.15) is 0 Å². The Morgan fingerprint density at radius 1 is 1.67 bits per heavy atom. The number of hydrogen-bond acceptors (Lipinski definition) is 4. The van der Waals surface area contributed by atoms with Gasteiger partial charge in [0.25, 0.3) is 0 Å². The van der Waals surface area contributed by atoms with E-state index in [1.165, 1.54) is 0 Å². The third kappa shape index (κ3) is 3.36. The van der Waals surface area contributed by atoms with Crippen molar-refractivity contribution in [2.45, 2.75) is 32.4 Å². The van der Waals surface area contributed by atoms with E-state index in [9.17, 15) is 4.79 Å². The van der Waals surface area contributed by atoms with Crippen LogP contribution < -0.4 is 10.6 Å². The van der Waals surface area contributed by atoms with Gasteiger partial charge < -0.3 is 15.2 Å². The number of rotatable bonds is 5. The SMILES string of the molecule is Cc1cc(CNCC(=O)NC2CC2)on1. The van der Waals surface area contributed by atoms with Gasteiger partial charge in [0.05, 0.1) is 18.8 Å². The van der Waals surface area contributed by atoms with E-state index in [1.54, 1.807) is 0 Å². The standard InChI is InChI=1S/C10H15N3O2/c1-7-4-9(15-13-7)5-11-6-10(14)12-8-2-3-8/h4,8,11H,2-3,5-6H2,1H3,(H,12,14). The van der Waals surface area contributed by atoms with Crippen molar-refractivity contribution in [2.24, 2.45) is 0 Å². The average molecular weight is 209 g/mol. The lowest BCUT2D eigenvalue weighted by Crippen LogP contribution is -2.34. The van der Waals surface area contributed by atoms with E-state index >= 15 is 0 Å². The van der Waals surface area contributed by atoms with Crippen LogP contribution in [0.4, 0.5) is 0 Å². The molecule has 1 fully saturated rings. The van der Waals surface area contributed by atoms with Crippen LogP contribution in [-0.4, -0.2) is 23.7 Å². The Bertz CT molecular complexity index is 344. The Morgan fingerprint density at radius 3 is 3.07 bits per heavy atom. The van der Waals surface area contributed by atoms with Crippen molar-refractivity contribution in [2.75, 3.05) is 6.54 Å². The minimum absolute atomic E-state index is 0.0498. The van der Waals surface area contributed by atoms with Crippen LogP contribution in [0.5, 0.6) is 0 Å². The van der Waals surface area contributed by atoms with Crippen LogP contribution in [0.25, 0.3) is 0 Å². The largest absolute Gasteiger partial charge is 0.360 e. The van der Waals surface area contributed by atoms with Crippen molar-refractivity contribution < 1.29 is 9.32 Å². The molecule has 1 aliphatic carbocycles. The molecular weight excluding hydrogens is 194 g/mol. The molecule has 0 spiro atoms. The second-order valence-electron chi connectivity index (χ2n) is 3.88. The van der Waals surface area contributed by atoms with Crippen molar-refractivity contribution in [1.82, 2.24) is 15.8 Å². The molecule has 1 aromatic rings. The summed E-state index contributed by atoms with van der Waals surface area (Å²) in [5.74, 6) is 0.806. The van der Waals surface area contributed by atoms with E-state index in [2.05, 4.69) is 15.8 Å². The second kappa shape index (κ2) is 4.44. The van der Waals surface area contributed by atoms with E-state index in [4.69, 9.17) is 4.52 Å². The number of aromatic nitrogens is 1. The van der Waals surface area contributed by atoms with Gasteiger partial charge in [-0.1, -0.05) is 5.16 Å². The lowest BCUT2D eigenvalue weighted by Gasteiger charge is -2.03. The molecule has 2 rings (SSSR count). The highest BCUT2D eigenvalue weighted by Crippen LogP contribution is 2.18. The predicted molar refractivity (Wildman–Crippen MR) is 54.1 cm³/mol. The summed E-state index contributed by atoms with van der Waals surface area (Å²) in [6.07, 6.45) is 2.24. The molecule has 15 heavy (non-hydrogen) atoms. The molecule has 1 aliphatic rings. The van der Waals surface area contributed by atoms with Crippen LogP contribution in [0.1, 0.15) is 24.3 Å². The van der Waals surface area contributed by atoms with Crippen LogP contribution in [0.15, 0.2) is 10.6 Å². The molecule has 0 saturated heterocycles. The van der Waals surface area contributed by atoms with Crippen LogP contribution in [-0.2, 0) is 11.3 Å². The number of carbonyl (C=O) groups is 1. The molecule has 0 unspecified atom stereocenters. The first kappa shape index (κ1) is 10.2. The zero-order valence-corrected chi connectivity index (χ0v) is 8.75. The molecule has 2 N–H and O–H groups in total. The Morgan fingerprint density at radius 2 is 2.47 bits per heavy atom. The van der Waals surface area contributed by atoms with Gasteiger partial charge in [0.1, 0.15) is 0 Å². The second-order valence-corrected chi connectivity index (χ2v) is 3.88. The Kier molecular flexibility index (Phi) is 3.01. The van der Waals surface area contributed by atoms with Gasteiger partial charge in [0.2, 0.25) is 5.91 Å². The van der Waals surface area contributed by atoms with Crippen molar-refractivity contribution in [3.05, 3.63) is 17.5 Å². The van der Waals surface area contributed by atoms with Gasteiger partial charge in [-0.25, -0.2) is 0 Å². The fourth-order valence-electron chi connectivity index (χ4n) is 1.31. The van der Waals surface area contributed by atoms with E-state index in [0.717, 1.165) is 24.3 Å². The zero-order valence-electron chi connectivity index (χ0n) is 8.75. The van der Waals surface area contributed by atoms with Crippen LogP contribution in [0.2, 0.25) is 0 Å². The van der Waals surface area contributed by atoms with Crippen LogP contribution in [0, 0.1) is 6.92 Å². The number of nitrogens with one attached hydrogen (secondary N) is 2. The molecule has 0 aliphatic heterocycles. The predicted octanol–water partition coefficient (Wildman–Crippen LogP) is 0.351. The fraction of sp³-hybridized carbons (Fsp3) is 0.600. The summed E-state index contributed by atoms with van der Waals surface area (Å²) in [7, 11) is 0. The summed E-state index contributed by atoms with van der Waals surface area (Å²) < 4.78 is 5.00. The molecule has 5 heteroatoms. The number of nitrogens with zero attached hydrogens (tertiary/aromatic N) is 1. The molecule has 0 radical (unpaired) electrons. The monoisotopic (exact) mass is 209 g/mol. The number of hydrogen-bond donors (Lipinski definition) is 2. The molecule has 0 atom stereocenters. The van der Waals surface area contributed by atoms with Crippen molar-refractivity contribution in [1.29, 1.82) is 0 Å². The van der Waals surface area contributed by atoms with Crippen LogP contribution >= 0.6 is 0 Å². The van der Waals surface area contributed by atoms with Crippen molar-refractivity contribution >= 4 is 5.91 Å². The Balaban J connectivity index is 1.63. The first-order valence-electron chi connectivity index (χ1n) is 5.16. The van der Waals surface area contributed by atoms with Gasteiger partial charge >= 0.3 is 0 Å². The molecule has 1 amide bonds. The molecular formula is C10H15N3O2. The maximum Gasteiger partial charge on any atom is 0.234 e. The van der Waals surface area contributed by atoms with Crippen molar-refractivity contribution in [3.63, 3.8) is 0 Å². The lowest BCUT2D eigenvalue weighted by molar-refractivity contribution is -0.120. The molecule has 5 nitrogen and oxygen atoms in total. The normalized spacial score (nSPS) is 15.3. The maximum atomic E-state index is 11.3. The quantitative estimate of drug-likeness (QED) is 0.734. The van der Waals surface area contributed by atoms with Gasteiger partial charge in [-0.05, 0) is 19.8 Å². The summed E-state index contributed by atoms with van der Waals surface area (Å²) >= 11 is 0. The van der Waals surface area contributed by atoms with Gasteiger partial charge in [-0.3, -0.25) is 4.79 Å². The Hall–Kier alpha value is -1.36. The Labute approximate surface area is 88.2 Å². The third-order valence-corrected chi connectivity index (χ3v) is 2.20. The smallest absolute Gasteiger partial charge is 0.234 e. The summed E-state index contributed by atoms with van der Waals surface area (Å²) in [4.78, 5) is 11.3. The number of carbonyl (C=O) groups excluding carboxylic acids is 1. The third-order valence-electron chi connectivity index (χ3n) is 2.20. The van der Waals surface area contributed by atoms with Crippen molar-refractivity contribution in [3.8, 4) is 0 Å². The first-order chi connectivity index (χ1) is 7.24. The topological polar surface area (TPSA) is 67.2 Å². The zero-order chi connectivity index (χ0) is 10.7. The minimum atomic E-state index is 0.0498. The molecule has 1 saturated carbocycles. The molecule has 0 aromatic carbocycles. The van der Waals surface area contributed by atoms with Crippen LogP contribution in [0.3, 0.4) is 0 Å². The lowest BCUT2D eigenvalue weighted by atomic mass is 10.4. The number of amides is 1. The highest BCUT2D eigenvalue weighted by Gasteiger charge is 2.22. The van der Waals surface area contributed by atoms with E-state index in [-0.39, 0.29) is 5.91 Å². The number of aryl methyl sites for hydroxylation is 1. The minimum Gasteiger partial charge on any atom is -0.360 e. The highest BCUT2D eigenvalue weighted by atomic mass is 16.5.